The van der Waals surface area contributed by atoms with E-state index in [1.165, 1.54) is 6.08 Å². The number of anilines is 1. The molecule has 2 amide bonds. The molecule has 0 aliphatic heterocycles. The van der Waals surface area contributed by atoms with Crippen molar-refractivity contribution < 1.29 is 9.59 Å². The number of hydrogen-bond donors (Lipinski definition) is 2. The molecule has 0 radical (unpaired) electrons. The molecule has 96 valence electrons. The van der Waals surface area contributed by atoms with Crippen molar-refractivity contribution in [2.45, 2.75) is 0 Å². The van der Waals surface area contributed by atoms with E-state index in [1.807, 2.05) is 18.2 Å². The fourth-order valence-corrected chi connectivity index (χ4v) is 1.63. The van der Waals surface area contributed by atoms with Gasteiger partial charge in [-0.1, -0.05) is 24.3 Å². The van der Waals surface area contributed by atoms with E-state index in [9.17, 15) is 9.59 Å². The maximum absolute atomic E-state index is 11.7. The zero-order valence-corrected chi connectivity index (χ0v) is 10.2. The fraction of sp³-hybridized carbons (Fsp3) is 0.0714. The van der Waals surface area contributed by atoms with Gasteiger partial charge < -0.3 is 10.6 Å². The first-order valence-corrected chi connectivity index (χ1v) is 5.76. The molecule has 5 heteroatoms. The van der Waals surface area contributed by atoms with Gasteiger partial charge >= 0.3 is 11.8 Å². The number of fused-ring (bicyclic) bond motifs is 1. The summed E-state index contributed by atoms with van der Waals surface area (Å²) in [6.45, 7) is 3.71. The van der Waals surface area contributed by atoms with E-state index in [0.29, 0.717) is 11.2 Å². The van der Waals surface area contributed by atoms with Crippen LogP contribution in [-0.4, -0.2) is 23.3 Å². The van der Waals surface area contributed by atoms with Gasteiger partial charge in [0.25, 0.3) is 0 Å². The van der Waals surface area contributed by atoms with Crippen molar-refractivity contribution in [1.29, 1.82) is 0 Å². The van der Waals surface area contributed by atoms with E-state index < -0.39 is 11.8 Å². The van der Waals surface area contributed by atoms with Crippen LogP contribution in [0.4, 0.5) is 5.69 Å². The summed E-state index contributed by atoms with van der Waals surface area (Å²) in [6, 6.07) is 9.07. The van der Waals surface area contributed by atoms with E-state index in [2.05, 4.69) is 22.2 Å². The van der Waals surface area contributed by atoms with Gasteiger partial charge in [-0.3, -0.25) is 14.6 Å². The molecule has 0 aliphatic carbocycles. The minimum Gasteiger partial charge on any atom is -0.344 e. The summed E-state index contributed by atoms with van der Waals surface area (Å²) < 4.78 is 0. The van der Waals surface area contributed by atoms with Crippen molar-refractivity contribution in [2.24, 2.45) is 0 Å². The molecule has 1 aromatic carbocycles. The second-order valence-corrected chi connectivity index (χ2v) is 3.83. The number of aromatic nitrogens is 1. The Morgan fingerprint density at radius 3 is 2.79 bits per heavy atom. The quantitative estimate of drug-likeness (QED) is 0.644. The first-order chi connectivity index (χ1) is 9.22. The fourth-order valence-electron chi connectivity index (χ4n) is 1.63. The lowest BCUT2D eigenvalue weighted by Crippen LogP contribution is -2.35. The molecule has 5 nitrogen and oxygen atoms in total. The van der Waals surface area contributed by atoms with Crippen LogP contribution < -0.4 is 10.6 Å². The average molecular weight is 255 g/mol. The van der Waals surface area contributed by atoms with Crippen LogP contribution in [0.15, 0.2) is 49.2 Å². The molecule has 0 spiro atoms. The van der Waals surface area contributed by atoms with E-state index >= 15 is 0 Å². The van der Waals surface area contributed by atoms with Crippen molar-refractivity contribution in [1.82, 2.24) is 10.3 Å². The summed E-state index contributed by atoms with van der Waals surface area (Å²) >= 11 is 0. The average Bonchev–Trinajstić information content (AvgIpc) is 2.45. The highest BCUT2D eigenvalue weighted by atomic mass is 16.2. The first kappa shape index (κ1) is 12.8. The van der Waals surface area contributed by atoms with Crippen LogP contribution in [0.25, 0.3) is 10.9 Å². The van der Waals surface area contributed by atoms with Gasteiger partial charge in [0, 0.05) is 18.1 Å². The molecule has 1 heterocycles. The van der Waals surface area contributed by atoms with Crippen LogP contribution in [0.2, 0.25) is 0 Å². The number of hydrogen-bond acceptors (Lipinski definition) is 3. The van der Waals surface area contributed by atoms with E-state index in [0.717, 1.165) is 5.39 Å². The molecule has 0 unspecified atom stereocenters. The van der Waals surface area contributed by atoms with Crippen LogP contribution in [0.1, 0.15) is 0 Å². The van der Waals surface area contributed by atoms with Crippen molar-refractivity contribution in [3.05, 3.63) is 49.2 Å². The van der Waals surface area contributed by atoms with Gasteiger partial charge in [0.2, 0.25) is 0 Å². The predicted molar refractivity (Wildman–Crippen MR) is 73.6 cm³/mol. The Bertz CT molecular complexity index is 632. The Labute approximate surface area is 110 Å². The second-order valence-electron chi connectivity index (χ2n) is 3.83. The number of carbonyl (C=O) groups is 2. The summed E-state index contributed by atoms with van der Waals surface area (Å²) in [6.07, 6.45) is 3.14. The van der Waals surface area contributed by atoms with Crippen molar-refractivity contribution in [3.63, 3.8) is 0 Å². The Hall–Kier alpha value is -2.69. The van der Waals surface area contributed by atoms with E-state index in [4.69, 9.17) is 0 Å². The van der Waals surface area contributed by atoms with Gasteiger partial charge in [0.1, 0.15) is 0 Å². The zero-order chi connectivity index (χ0) is 13.7. The van der Waals surface area contributed by atoms with Crippen LogP contribution in [0.3, 0.4) is 0 Å². The summed E-state index contributed by atoms with van der Waals surface area (Å²) in [4.78, 5) is 27.3. The zero-order valence-electron chi connectivity index (χ0n) is 10.2. The third-order valence-electron chi connectivity index (χ3n) is 2.49. The van der Waals surface area contributed by atoms with Gasteiger partial charge in [0.05, 0.1) is 11.2 Å². The molecule has 2 rings (SSSR count). The maximum atomic E-state index is 11.7. The van der Waals surface area contributed by atoms with Crippen LogP contribution in [-0.2, 0) is 9.59 Å². The molecule has 0 fully saturated rings. The maximum Gasteiger partial charge on any atom is 0.313 e. The Morgan fingerprint density at radius 1 is 1.21 bits per heavy atom. The topological polar surface area (TPSA) is 71.1 Å². The van der Waals surface area contributed by atoms with Gasteiger partial charge in [-0.05, 0) is 12.1 Å². The molecular weight excluding hydrogens is 242 g/mol. The molecule has 19 heavy (non-hydrogen) atoms. The molecule has 1 aromatic heterocycles. The number of carbonyl (C=O) groups excluding carboxylic acids is 2. The monoisotopic (exact) mass is 255 g/mol. The molecule has 2 N–H and O–H groups in total. The van der Waals surface area contributed by atoms with Gasteiger partial charge in [-0.25, -0.2) is 0 Å². The number of benzene rings is 1. The normalized spacial score (nSPS) is 9.89. The van der Waals surface area contributed by atoms with Gasteiger partial charge in [-0.15, -0.1) is 6.58 Å². The third kappa shape index (κ3) is 2.95. The minimum atomic E-state index is -0.722. The molecule has 0 saturated heterocycles. The highest BCUT2D eigenvalue weighted by molar-refractivity contribution is 6.40. The Balaban J connectivity index is 2.19. The Morgan fingerprint density at radius 2 is 2.00 bits per heavy atom. The number of para-hydroxylation sites is 1. The van der Waals surface area contributed by atoms with Gasteiger partial charge in [-0.2, -0.15) is 0 Å². The number of amides is 2. The number of nitrogens with zero attached hydrogens (tertiary/aromatic N) is 1. The van der Waals surface area contributed by atoms with Crippen LogP contribution in [0.5, 0.6) is 0 Å². The molecular formula is C14H13N3O2. The molecule has 2 aromatic rings. The van der Waals surface area contributed by atoms with Crippen LogP contribution in [0, 0.1) is 0 Å². The summed E-state index contributed by atoms with van der Waals surface area (Å²) in [7, 11) is 0. The lowest BCUT2D eigenvalue weighted by Gasteiger charge is -2.07. The molecule has 0 atom stereocenters. The van der Waals surface area contributed by atoms with Crippen LogP contribution >= 0.6 is 0 Å². The smallest absolute Gasteiger partial charge is 0.313 e. The number of rotatable bonds is 3. The lowest BCUT2D eigenvalue weighted by molar-refractivity contribution is -0.136. The molecule has 0 aliphatic rings. The molecule has 0 saturated carbocycles. The summed E-state index contributed by atoms with van der Waals surface area (Å²) in [5.74, 6) is -1.42. The Kier molecular flexibility index (Phi) is 3.87. The number of pyridine rings is 1. The predicted octanol–water partition coefficient (Wildman–Crippen LogP) is 1.48. The largest absolute Gasteiger partial charge is 0.344 e. The lowest BCUT2D eigenvalue weighted by atomic mass is 10.2. The van der Waals surface area contributed by atoms with Crippen molar-refractivity contribution >= 4 is 28.4 Å². The number of nitrogens with one attached hydrogen (secondary N) is 2. The van der Waals surface area contributed by atoms with Crippen molar-refractivity contribution in [3.8, 4) is 0 Å². The van der Waals surface area contributed by atoms with E-state index in [1.54, 1.807) is 18.3 Å². The third-order valence-corrected chi connectivity index (χ3v) is 2.49. The summed E-state index contributed by atoms with van der Waals surface area (Å²) in [5.41, 5.74) is 1.16. The highest BCUT2D eigenvalue weighted by Gasteiger charge is 2.13. The van der Waals surface area contributed by atoms with E-state index in [-0.39, 0.29) is 6.54 Å². The first-order valence-electron chi connectivity index (χ1n) is 5.76. The minimum absolute atomic E-state index is 0.250. The van der Waals surface area contributed by atoms with Gasteiger partial charge in [0.15, 0.2) is 0 Å². The SMILES string of the molecule is C=CCNC(=O)C(=O)Nc1cccc2cccnc12. The molecule has 0 bridgehead atoms. The van der Waals surface area contributed by atoms with Crippen molar-refractivity contribution in [2.75, 3.05) is 11.9 Å². The standard InChI is InChI=1S/C14H13N3O2/c1-2-8-16-13(18)14(19)17-11-7-3-5-10-6-4-9-15-12(10)11/h2-7,9H,1,8H2,(H,16,18)(H,17,19). The highest BCUT2D eigenvalue weighted by Crippen LogP contribution is 2.20. The second kappa shape index (κ2) is 5.77. The summed E-state index contributed by atoms with van der Waals surface area (Å²) in [5, 5.41) is 5.85.